The van der Waals surface area contributed by atoms with E-state index in [0.29, 0.717) is 28.3 Å². The number of nitrogens with one attached hydrogen (secondary N) is 2. The van der Waals surface area contributed by atoms with E-state index in [-0.39, 0.29) is 43.2 Å². The molecule has 226 valence electrons. The van der Waals surface area contributed by atoms with E-state index in [0.717, 1.165) is 20.8 Å². The number of carbonyl (C=O) groups is 3. The summed E-state index contributed by atoms with van der Waals surface area (Å²) in [5.74, 6) is -0.494. The fourth-order valence-corrected chi connectivity index (χ4v) is 5.69. The summed E-state index contributed by atoms with van der Waals surface area (Å²) >= 11 is 3.63. The number of hydrogen-bond acceptors (Lipinski definition) is 6. The first-order valence-electron chi connectivity index (χ1n) is 13.7. The number of methoxy groups -OCH3 is 1. The lowest BCUT2D eigenvalue weighted by Gasteiger charge is -2.27. The van der Waals surface area contributed by atoms with Crippen molar-refractivity contribution in [3.05, 3.63) is 100 Å². The number of rotatable bonds is 7. The van der Waals surface area contributed by atoms with Gasteiger partial charge in [0.2, 0.25) is 5.91 Å². The molecular formula is C33H31BrClN5O4. The first kappa shape index (κ1) is 32.5. The molecule has 1 aliphatic heterocycles. The Kier molecular flexibility index (Phi) is 10.3. The monoisotopic (exact) mass is 675 g/mol. The van der Waals surface area contributed by atoms with Crippen LogP contribution in [0.25, 0.3) is 10.8 Å². The van der Waals surface area contributed by atoms with E-state index in [2.05, 4.69) is 32.6 Å². The normalized spacial score (nSPS) is 15.0. The largest absolute Gasteiger partial charge is 0.496 e. The van der Waals surface area contributed by atoms with E-state index in [1.807, 2.05) is 36.4 Å². The van der Waals surface area contributed by atoms with Crippen LogP contribution in [0.1, 0.15) is 28.4 Å². The standard InChI is InChI=1S/C33H30BrN5O4.ClH/c1-20(36-2)31(40)37-27-19-39(32(41)22-13-11-21(17-35)12-14-22)29-10-5-4-9-28(29)38(33(27)42)18-25-23-7-6-8-26(34)24(23)15-16-30(25)43-3;/h4-16,20,27,36H,18-19H2,1-3H3,(H,37,40);1H/t20-,27-;/m0./s1. The molecule has 5 rings (SSSR count). The second-order valence-corrected chi connectivity index (χ2v) is 11.0. The van der Waals surface area contributed by atoms with Gasteiger partial charge in [-0.2, -0.15) is 5.26 Å². The Morgan fingerprint density at radius 3 is 2.39 bits per heavy atom. The number of halogens is 2. The van der Waals surface area contributed by atoms with Gasteiger partial charge in [-0.1, -0.05) is 40.2 Å². The summed E-state index contributed by atoms with van der Waals surface area (Å²) in [6, 6.07) is 23.6. The zero-order valence-corrected chi connectivity index (χ0v) is 26.7. The Hall–Kier alpha value is -4.43. The van der Waals surface area contributed by atoms with Crippen LogP contribution < -0.4 is 25.2 Å². The predicted octanol–water partition coefficient (Wildman–Crippen LogP) is 5.19. The number of nitrogens with zero attached hydrogens (tertiary/aromatic N) is 3. The maximum absolute atomic E-state index is 14.4. The molecule has 0 aromatic heterocycles. The molecule has 0 radical (unpaired) electrons. The van der Waals surface area contributed by atoms with Gasteiger partial charge in [0, 0.05) is 15.6 Å². The minimum atomic E-state index is -1.05. The van der Waals surface area contributed by atoms with E-state index in [1.165, 1.54) is 4.90 Å². The number of benzene rings is 4. The highest BCUT2D eigenvalue weighted by Gasteiger charge is 2.38. The lowest BCUT2D eigenvalue weighted by atomic mass is 10.0. The number of amides is 3. The van der Waals surface area contributed by atoms with Crippen molar-refractivity contribution in [2.45, 2.75) is 25.6 Å². The number of fused-ring (bicyclic) bond motifs is 2. The van der Waals surface area contributed by atoms with E-state index in [9.17, 15) is 19.6 Å². The van der Waals surface area contributed by atoms with Crippen LogP contribution in [0.3, 0.4) is 0 Å². The minimum Gasteiger partial charge on any atom is -0.496 e. The SMILES string of the molecule is CN[C@@H](C)C(=O)N[C@H]1CN(C(=O)c2ccc(C#N)cc2)c2ccccc2N(Cc2c(OC)ccc3c(Br)cccc23)C1=O.Cl. The number of nitriles is 1. The molecule has 2 N–H and O–H groups in total. The van der Waals surface area contributed by atoms with E-state index < -0.39 is 12.1 Å². The molecular weight excluding hydrogens is 646 g/mol. The van der Waals surface area contributed by atoms with Gasteiger partial charge >= 0.3 is 0 Å². The quantitative estimate of drug-likeness (QED) is 0.279. The summed E-state index contributed by atoms with van der Waals surface area (Å²) < 4.78 is 6.65. The molecule has 0 saturated carbocycles. The molecule has 9 nitrogen and oxygen atoms in total. The van der Waals surface area contributed by atoms with Crippen LogP contribution in [0.5, 0.6) is 5.75 Å². The Morgan fingerprint density at radius 1 is 1.02 bits per heavy atom. The maximum Gasteiger partial charge on any atom is 0.258 e. The van der Waals surface area contributed by atoms with Crippen LogP contribution in [0.4, 0.5) is 11.4 Å². The highest BCUT2D eigenvalue weighted by Crippen LogP contribution is 2.38. The number of ether oxygens (including phenoxy) is 1. The minimum absolute atomic E-state index is 0. The Labute approximate surface area is 270 Å². The van der Waals surface area contributed by atoms with Crippen molar-refractivity contribution in [2.75, 3.05) is 30.5 Å². The lowest BCUT2D eigenvalue weighted by molar-refractivity contribution is -0.128. The van der Waals surface area contributed by atoms with Gasteiger partial charge in [-0.25, -0.2) is 0 Å². The average molecular weight is 677 g/mol. The van der Waals surface area contributed by atoms with Gasteiger partial charge in [-0.15, -0.1) is 12.4 Å². The maximum atomic E-state index is 14.4. The molecule has 3 amide bonds. The molecule has 4 aromatic rings. The number of likely N-dealkylation sites (N-methyl/N-ethyl adjacent to an activating group) is 1. The summed E-state index contributed by atoms with van der Waals surface area (Å²) in [4.78, 5) is 44.6. The molecule has 0 aliphatic carbocycles. The topological polar surface area (TPSA) is 115 Å². The van der Waals surface area contributed by atoms with Crippen molar-refractivity contribution in [3.63, 3.8) is 0 Å². The second kappa shape index (κ2) is 13.9. The van der Waals surface area contributed by atoms with Crippen molar-refractivity contribution in [1.29, 1.82) is 5.26 Å². The van der Waals surface area contributed by atoms with Gasteiger partial charge in [-0.3, -0.25) is 14.4 Å². The van der Waals surface area contributed by atoms with Crippen molar-refractivity contribution in [3.8, 4) is 11.8 Å². The Bertz CT molecular complexity index is 1760. The zero-order valence-electron chi connectivity index (χ0n) is 24.3. The molecule has 1 aliphatic rings. The van der Waals surface area contributed by atoms with Gasteiger partial charge in [0.05, 0.1) is 49.2 Å². The van der Waals surface area contributed by atoms with Gasteiger partial charge in [0.25, 0.3) is 11.8 Å². The summed E-state index contributed by atoms with van der Waals surface area (Å²) in [6.45, 7) is 1.73. The van der Waals surface area contributed by atoms with Gasteiger partial charge in [0.1, 0.15) is 11.8 Å². The van der Waals surface area contributed by atoms with Crippen molar-refractivity contribution in [2.24, 2.45) is 0 Å². The third kappa shape index (κ3) is 6.26. The summed E-state index contributed by atoms with van der Waals surface area (Å²) in [6.07, 6.45) is 0. The number of para-hydroxylation sites is 2. The lowest BCUT2D eigenvalue weighted by Crippen LogP contribution is -2.55. The van der Waals surface area contributed by atoms with Crippen LogP contribution in [0.15, 0.2) is 83.3 Å². The Balaban J connectivity index is 0.00000442. The highest BCUT2D eigenvalue weighted by atomic mass is 79.9. The van der Waals surface area contributed by atoms with Crippen LogP contribution >= 0.6 is 28.3 Å². The average Bonchev–Trinajstić information content (AvgIpc) is 3.15. The predicted molar refractivity (Wildman–Crippen MR) is 176 cm³/mol. The fourth-order valence-electron chi connectivity index (χ4n) is 5.19. The fraction of sp³-hybridized carbons (Fsp3) is 0.212. The molecule has 11 heteroatoms. The Morgan fingerprint density at radius 2 is 1.73 bits per heavy atom. The summed E-state index contributed by atoms with van der Waals surface area (Å²) in [5, 5.41) is 16.8. The van der Waals surface area contributed by atoms with Gasteiger partial charge in [-0.05, 0) is 79.3 Å². The van der Waals surface area contributed by atoms with Crippen molar-refractivity contribution < 1.29 is 19.1 Å². The van der Waals surface area contributed by atoms with Gasteiger partial charge < -0.3 is 25.2 Å². The van der Waals surface area contributed by atoms with Crippen molar-refractivity contribution in [1.82, 2.24) is 10.6 Å². The molecule has 0 spiro atoms. The number of carbonyl (C=O) groups excluding carboxylic acids is 3. The van der Waals surface area contributed by atoms with Crippen LogP contribution in [-0.4, -0.2) is 50.5 Å². The molecule has 1 heterocycles. The first-order valence-corrected chi connectivity index (χ1v) is 14.5. The molecule has 0 fully saturated rings. The second-order valence-electron chi connectivity index (χ2n) is 10.2. The number of anilines is 2. The van der Waals surface area contributed by atoms with Crippen LogP contribution in [0.2, 0.25) is 0 Å². The zero-order chi connectivity index (χ0) is 30.7. The molecule has 44 heavy (non-hydrogen) atoms. The molecule has 4 aromatic carbocycles. The van der Waals surface area contributed by atoms with Crippen LogP contribution in [-0.2, 0) is 16.1 Å². The van der Waals surface area contributed by atoms with E-state index in [1.54, 1.807) is 68.4 Å². The van der Waals surface area contributed by atoms with E-state index in [4.69, 9.17) is 4.74 Å². The molecule has 0 unspecified atom stereocenters. The molecule has 0 saturated heterocycles. The summed E-state index contributed by atoms with van der Waals surface area (Å²) in [7, 11) is 3.24. The number of hydrogen-bond donors (Lipinski definition) is 2. The molecule has 0 bridgehead atoms. The third-order valence-corrected chi connectivity index (χ3v) is 8.35. The third-order valence-electron chi connectivity index (χ3n) is 7.65. The molecule has 2 atom stereocenters. The van der Waals surface area contributed by atoms with Gasteiger partial charge in [0.15, 0.2) is 0 Å². The smallest absolute Gasteiger partial charge is 0.258 e. The first-order chi connectivity index (χ1) is 20.8. The highest BCUT2D eigenvalue weighted by molar-refractivity contribution is 9.10. The van der Waals surface area contributed by atoms with Crippen molar-refractivity contribution >= 4 is 68.2 Å². The van der Waals surface area contributed by atoms with E-state index >= 15 is 0 Å². The van der Waals surface area contributed by atoms with Crippen LogP contribution in [0, 0.1) is 11.3 Å². The summed E-state index contributed by atoms with van der Waals surface area (Å²) in [5.41, 5.74) is 2.59.